The zero-order valence-corrected chi connectivity index (χ0v) is 8.36. The van der Waals surface area contributed by atoms with Crippen LogP contribution in [0.15, 0.2) is 23.5 Å². The van der Waals surface area contributed by atoms with E-state index in [-0.39, 0.29) is 17.1 Å². The van der Waals surface area contributed by atoms with Crippen molar-refractivity contribution in [2.75, 3.05) is 0 Å². The van der Waals surface area contributed by atoms with Crippen LogP contribution in [0.2, 0.25) is 0 Å². The van der Waals surface area contributed by atoms with E-state index >= 15 is 0 Å². The predicted octanol–water partition coefficient (Wildman–Crippen LogP) is 1.84. The lowest BCUT2D eigenvalue weighted by Gasteiger charge is -2.16. The molecule has 0 aromatic carbocycles. The van der Waals surface area contributed by atoms with Gasteiger partial charge in [0.25, 0.3) is 0 Å². The Morgan fingerprint density at radius 2 is 2.19 bits per heavy atom. The number of oxime groups is 1. The van der Waals surface area contributed by atoms with Gasteiger partial charge in [0.05, 0.1) is 5.92 Å². The summed E-state index contributed by atoms with van der Waals surface area (Å²) >= 11 is 0. The van der Waals surface area contributed by atoms with Gasteiger partial charge in [-0.1, -0.05) is 5.16 Å². The molecule has 0 saturated heterocycles. The van der Waals surface area contributed by atoms with Crippen LogP contribution in [-0.4, -0.2) is 22.2 Å². The molecule has 4 nitrogen and oxygen atoms in total. The second kappa shape index (κ2) is 4.38. The van der Waals surface area contributed by atoms with Gasteiger partial charge in [0.2, 0.25) is 0 Å². The topological polar surface area (TPSA) is 71.5 Å². The van der Waals surface area contributed by atoms with Crippen molar-refractivity contribution in [3.63, 3.8) is 0 Å². The third-order valence-corrected chi connectivity index (χ3v) is 2.15. The van der Waals surface area contributed by atoms with Gasteiger partial charge in [-0.05, 0) is 24.6 Å². The molecule has 1 rings (SSSR count). The molecule has 1 unspecified atom stereocenters. The fourth-order valence-electron chi connectivity index (χ4n) is 1.10. The van der Waals surface area contributed by atoms with Gasteiger partial charge >= 0.3 is 6.18 Å². The fourth-order valence-corrected chi connectivity index (χ4v) is 1.10. The molecule has 1 heterocycles. The molecule has 1 atom stereocenters. The summed E-state index contributed by atoms with van der Waals surface area (Å²) < 4.78 is 37.3. The molecule has 0 bridgehead atoms. The van der Waals surface area contributed by atoms with Crippen LogP contribution in [0.5, 0.6) is 0 Å². The van der Waals surface area contributed by atoms with E-state index in [1.807, 2.05) is 0 Å². The van der Waals surface area contributed by atoms with Gasteiger partial charge in [-0.25, -0.2) is 0 Å². The number of amidine groups is 1. The summed E-state index contributed by atoms with van der Waals surface area (Å²) in [5.41, 5.74) is 5.26. The highest BCUT2D eigenvalue weighted by atomic mass is 19.4. The third-order valence-electron chi connectivity index (χ3n) is 2.15. The second-order valence-corrected chi connectivity index (χ2v) is 3.22. The van der Waals surface area contributed by atoms with Gasteiger partial charge < -0.3 is 10.9 Å². The SMILES string of the molecule is CC(c1ccnc(/C(N)=N/O)c1)C(F)(F)F. The van der Waals surface area contributed by atoms with Crippen LogP contribution in [0.25, 0.3) is 0 Å². The van der Waals surface area contributed by atoms with Crippen LogP contribution in [0, 0.1) is 0 Å². The number of halogens is 3. The summed E-state index contributed by atoms with van der Waals surface area (Å²) in [5, 5.41) is 11.1. The minimum atomic E-state index is -4.33. The maximum atomic E-state index is 12.4. The Kier molecular flexibility index (Phi) is 3.36. The first kappa shape index (κ1) is 12.3. The van der Waals surface area contributed by atoms with Gasteiger partial charge in [0.15, 0.2) is 5.84 Å². The van der Waals surface area contributed by atoms with E-state index in [9.17, 15) is 13.2 Å². The van der Waals surface area contributed by atoms with Crippen molar-refractivity contribution in [2.24, 2.45) is 10.9 Å². The maximum absolute atomic E-state index is 12.4. The molecule has 0 spiro atoms. The highest BCUT2D eigenvalue weighted by molar-refractivity contribution is 5.95. The molecule has 0 amide bonds. The van der Waals surface area contributed by atoms with E-state index < -0.39 is 12.1 Å². The van der Waals surface area contributed by atoms with E-state index in [4.69, 9.17) is 10.9 Å². The number of alkyl halides is 3. The van der Waals surface area contributed by atoms with Gasteiger partial charge in [0.1, 0.15) is 5.69 Å². The number of aromatic nitrogens is 1. The standard InChI is InChI=1S/C9H10F3N3O/c1-5(9(10,11)12)6-2-3-14-7(4-6)8(13)15-16/h2-5,16H,1H3,(H2,13,15). The van der Waals surface area contributed by atoms with E-state index in [2.05, 4.69) is 10.1 Å². The maximum Gasteiger partial charge on any atom is 0.395 e. The summed E-state index contributed by atoms with van der Waals surface area (Å²) in [7, 11) is 0. The number of hydrogen-bond acceptors (Lipinski definition) is 3. The summed E-state index contributed by atoms with van der Waals surface area (Å²) in [6.45, 7) is 1.03. The molecule has 0 saturated carbocycles. The lowest BCUT2D eigenvalue weighted by molar-refractivity contribution is -0.146. The molecule has 0 fully saturated rings. The molecule has 1 aromatic heterocycles. The Hall–Kier alpha value is -1.79. The van der Waals surface area contributed by atoms with Crippen LogP contribution in [-0.2, 0) is 0 Å². The average molecular weight is 233 g/mol. The van der Waals surface area contributed by atoms with Crippen LogP contribution in [0.4, 0.5) is 13.2 Å². The quantitative estimate of drug-likeness (QED) is 0.354. The lowest BCUT2D eigenvalue weighted by Crippen LogP contribution is -2.20. The summed E-state index contributed by atoms with van der Waals surface area (Å²) in [6.07, 6.45) is -3.14. The lowest BCUT2D eigenvalue weighted by atomic mass is 10.0. The molecule has 16 heavy (non-hydrogen) atoms. The minimum absolute atomic E-state index is 0.0103. The van der Waals surface area contributed by atoms with Crippen molar-refractivity contribution in [2.45, 2.75) is 19.0 Å². The molecule has 7 heteroatoms. The van der Waals surface area contributed by atoms with E-state index in [0.717, 1.165) is 13.0 Å². The molecule has 88 valence electrons. The molecule has 0 aliphatic heterocycles. The Labute approximate surface area is 89.6 Å². The zero-order chi connectivity index (χ0) is 12.3. The number of pyridine rings is 1. The Bertz CT molecular complexity index is 403. The number of nitrogens with two attached hydrogens (primary N) is 1. The van der Waals surface area contributed by atoms with Gasteiger partial charge in [0, 0.05) is 6.20 Å². The van der Waals surface area contributed by atoms with Gasteiger partial charge in [-0.3, -0.25) is 4.98 Å². The minimum Gasteiger partial charge on any atom is -0.409 e. The van der Waals surface area contributed by atoms with Crippen LogP contribution < -0.4 is 5.73 Å². The number of nitrogens with zero attached hydrogens (tertiary/aromatic N) is 2. The first-order valence-electron chi connectivity index (χ1n) is 4.37. The average Bonchev–Trinajstić information content (AvgIpc) is 2.26. The first-order chi connectivity index (χ1) is 7.36. The largest absolute Gasteiger partial charge is 0.409 e. The normalized spacial score (nSPS) is 14.9. The van der Waals surface area contributed by atoms with Crippen molar-refractivity contribution >= 4 is 5.84 Å². The predicted molar refractivity (Wildman–Crippen MR) is 51.2 cm³/mol. The van der Waals surface area contributed by atoms with Gasteiger partial charge in [-0.15, -0.1) is 0 Å². The first-order valence-corrected chi connectivity index (χ1v) is 4.37. The van der Waals surface area contributed by atoms with Gasteiger partial charge in [-0.2, -0.15) is 13.2 Å². The summed E-state index contributed by atoms with van der Waals surface area (Å²) in [4.78, 5) is 3.69. The Morgan fingerprint density at radius 1 is 1.56 bits per heavy atom. The fraction of sp³-hybridized carbons (Fsp3) is 0.333. The van der Waals surface area contributed by atoms with E-state index in [1.165, 1.54) is 12.3 Å². The molecule has 0 radical (unpaired) electrons. The third kappa shape index (κ3) is 2.62. The van der Waals surface area contributed by atoms with Crippen molar-refractivity contribution in [1.82, 2.24) is 4.98 Å². The molecule has 3 N–H and O–H groups in total. The van der Waals surface area contributed by atoms with Crippen molar-refractivity contribution in [3.8, 4) is 0 Å². The number of hydrogen-bond donors (Lipinski definition) is 2. The highest BCUT2D eigenvalue weighted by Gasteiger charge is 2.37. The van der Waals surface area contributed by atoms with Crippen LogP contribution >= 0.6 is 0 Å². The molecule has 1 aromatic rings. The Balaban J connectivity index is 3.08. The van der Waals surface area contributed by atoms with E-state index in [0.29, 0.717) is 0 Å². The zero-order valence-electron chi connectivity index (χ0n) is 8.36. The Morgan fingerprint density at radius 3 is 2.69 bits per heavy atom. The van der Waals surface area contributed by atoms with Crippen LogP contribution in [0.1, 0.15) is 24.1 Å². The molecular weight excluding hydrogens is 223 g/mol. The van der Waals surface area contributed by atoms with Crippen molar-refractivity contribution in [3.05, 3.63) is 29.6 Å². The summed E-state index contributed by atoms with van der Waals surface area (Å²) in [5.74, 6) is -1.95. The van der Waals surface area contributed by atoms with Crippen LogP contribution in [0.3, 0.4) is 0 Å². The van der Waals surface area contributed by atoms with Crippen molar-refractivity contribution < 1.29 is 18.4 Å². The molecule has 0 aliphatic carbocycles. The smallest absolute Gasteiger partial charge is 0.395 e. The number of rotatable bonds is 2. The highest BCUT2D eigenvalue weighted by Crippen LogP contribution is 2.34. The monoisotopic (exact) mass is 233 g/mol. The summed E-state index contributed by atoms with van der Waals surface area (Å²) in [6, 6.07) is 2.39. The molecule has 0 aliphatic rings. The van der Waals surface area contributed by atoms with E-state index in [1.54, 1.807) is 0 Å². The van der Waals surface area contributed by atoms with Crippen molar-refractivity contribution in [1.29, 1.82) is 0 Å². The molecular formula is C9H10F3N3O. The second-order valence-electron chi connectivity index (χ2n) is 3.22.